The van der Waals surface area contributed by atoms with E-state index in [1.165, 1.54) is 43.3 Å². The third-order valence-corrected chi connectivity index (χ3v) is 8.80. The van der Waals surface area contributed by atoms with E-state index in [0.717, 1.165) is 24.2 Å². The zero-order valence-corrected chi connectivity index (χ0v) is 22.7. The van der Waals surface area contributed by atoms with Gasteiger partial charge in [-0.1, -0.05) is 36.4 Å². The molecular formula is C28H31N5O6S. The molecule has 6 N–H and O–H groups in total. The molecule has 1 unspecified atom stereocenters. The molecule has 1 aliphatic rings. The van der Waals surface area contributed by atoms with Crippen molar-refractivity contribution in [2.75, 3.05) is 18.0 Å². The third kappa shape index (κ3) is 5.54. The van der Waals surface area contributed by atoms with Gasteiger partial charge >= 0.3 is 5.97 Å². The Balaban J connectivity index is 1.78. The smallest absolute Gasteiger partial charge is 0.326 e. The number of fused-ring (bicyclic) bond motifs is 1. The van der Waals surface area contributed by atoms with Gasteiger partial charge in [0, 0.05) is 29.9 Å². The lowest BCUT2D eigenvalue weighted by molar-refractivity contribution is -0.139. The van der Waals surface area contributed by atoms with E-state index >= 15 is 0 Å². The van der Waals surface area contributed by atoms with E-state index < -0.39 is 33.1 Å². The second-order valence-corrected chi connectivity index (χ2v) is 11.8. The summed E-state index contributed by atoms with van der Waals surface area (Å²) >= 11 is 0. The van der Waals surface area contributed by atoms with Gasteiger partial charge in [0.15, 0.2) is 5.37 Å². The zero-order chi connectivity index (χ0) is 29.2. The third-order valence-electron chi connectivity index (χ3n) is 7.03. The van der Waals surface area contributed by atoms with Crippen LogP contribution in [0.1, 0.15) is 42.1 Å². The van der Waals surface area contributed by atoms with Crippen LogP contribution in [0.3, 0.4) is 0 Å². The Morgan fingerprint density at radius 2 is 1.68 bits per heavy atom. The monoisotopic (exact) mass is 565 g/mol. The van der Waals surface area contributed by atoms with Crippen LogP contribution in [0.4, 0.5) is 5.69 Å². The second-order valence-electron chi connectivity index (χ2n) is 9.70. The number of hydrogen-bond acceptors (Lipinski definition) is 7. The highest BCUT2D eigenvalue weighted by Crippen LogP contribution is 2.29. The minimum atomic E-state index is -4.60. The number of carbonyl (C=O) groups excluding carboxylic acids is 2. The molecule has 40 heavy (non-hydrogen) atoms. The number of carbonyl (C=O) groups is 3. The van der Waals surface area contributed by atoms with Crippen molar-refractivity contribution < 1.29 is 27.9 Å². The molecule has 2 amide bonds. The first-order valence-electron chi connectivity index (χ1n) is 12.8. The highest BCUT2D eigenvalue weighted by atomic mass is 32.2. The number of rotatable bonds is 8. The summed E-state index contributed by atoms with van der Waals surface area (Å²) in [7, 11) is -4.60. The summed E-state index contributed by atoms with van der Waals surface area (Å²) in [4.78, 5) is 41.1. The van der Waals surface area contributed by atoms with Crippen molar-refractivity contribution in [3.8, 4) is 0 Å². The van der Waals surface area contributed by atoms with Crippen LogP contribution >= 0.6 is 0 Å². The van der Waals surface area contributed by atoms with E-state index in [9.17, 15) is 27.9 Å². The Labute approximate surface area is 231 Å². The van der Waals surface area contributed by atoms with Crippen molar-refractivity contribution >= 4 is 49.9 Å². The number of aliphatic carboxylic acids is 1. The fourth-order valence-corrected chi connectivity index (χ4v) is 6.03. The number of nitrogens with two attached hydrogens (primary N) is 2. The van der Waals surface area contributed by atoms with E-state index in [2.05, 4.69) is 0 Å². The molecule has 3 aromatic rings. The number of carboxylic acid groups (broad SMARTS) is 1. The lowest BCUT2D eigenvalue weighted by Crippen LogP contribution is -2.53. The van der Waals surface area contributed by atoms with Gasteiger partial charge < -0.3 is 21.5 Å². The van der Waals surface area contributed by atoms with Gasteiger partial charge in [-0.15, -0.1) is 0 Å². The SMILES string of the molecule is C[C@@H](C(=O)O)N(C(=O)C(N)S(=O)(=O)c1cc(C(=O)N2CCCCC2)c2ccccc2c1)c1cccc(C(=N)N)c1. The summed E-state index contributed by atoms with van der Waals surface area (Å²) in [6.45, 7) is 2.33. The van der Waals surface area contributed by atoms with Crippen LogP contribution < -0.4 is 16.4 Å². The maximum atomic E-state index is 13.8. The summed E-state index contributed by atoms with van der Waals surface area (Å²) in [5.41, 5.74) is 12.0. The minimum Gasteiger partial charge on any atom is -0.480 e. The number of anilines is 1. The second kappa shape index (κ2) is 11.4. The maximum Gasteiger partial charge on any atom is 0.326 e. The molecule has 4 rings (SSSR count). The van der Waals surface area contributed by atoms with E-state index in [1.807, 2.05) is 0 Å². The predicted molar refractivity (Wildman–Crippen MR) is 151 cm³/mol. The van der Waals surface area contributed by atoms with Crippen LogP contribution in [0, 0.1) is 5.41 Å². The molecule has 2 atom stereocenters. The molecule has 0 saturated carbocycles. The summed E-state index contributed by atoms with van der Waals surface area (Å²) in [6, 6.07) is 13.6. The largest absolute Gasteiger partial charge is 0.480 e. The molecule has 1 saturated heterocycles. The molecule has 0 spiro atoms. The number of nitrogen functional groups attached to an aromatic ring is 1. The van der Waals surface area contributed by atoms with Gasteiger partial charge in [0.2, 0.25) is 9.84 Å². The quantitative estimate of drug-likeness (QED) is 0.236. The minimum absolute atomic E-state index is 0.0118. The van der Waals surface area contributed by atoms with E-state index in [-0.39, 0.29) is 33.5 Å². The summed E-state index contributed by atoms with van der Waals surface area (Å²) in [5, 5.41) is 16.2. The number of benzene rings is 3. The first-order valence-corrected chi connectivity index (χ1v) is 14.3. The Bertz CT molecular complexity index is 1600. The number of amidine groups is 1. The molecule has 12 heteroatoms. The summed E-state index contributed by atoms with van der Waals surface area (Å²) in [6.07, 6.45) is 2.71. The fraction of sp³-hybridized carbons (Fsp3) is 0.286. The van der Waals surface area contributed by atoms with Gasteiger partial charge in [-0.2, -0.15) is 0 Å². The number of hydrogen-bond donors (Lipinski definition) is 4. The Hall–Kier alpha value is -4.29. The number of carboxylic acids is 1. The maximum absolute atomic E-state index is 13.8. The van der Waals surface area contributed by atoms with Crippen LogP contribution in [0.5, 0.6) is 0 Å². The molecule has 0 bridgehead atoms. The van der Waals surface area contributed by atoms with Crippen LogP contribution in [-0.4, -0.2) is 66.5 Å². The van der Waals surface area contributed by atoms with Gasteiger partial charge in [-0.3, -0.25) is 19.9 Å². The summed E-state index contributed by atoms with van der Waals surface area (Å²) < 4.78 is 27.5. The molecule has 3 aromatic carbocycles. The first-order chi connectivity index (χ1) is 18.9. The summed E-state index contributed by atoms with van der Waals surface area (Å²) in [5.74, 6) is -3.22. The van der Waals surface area contributed by atoms with Gasteiger partial charge in [-0.25, -0.2) is 13.2 Å². The predicted octanol–water partition coefficient (Wildman–Crippen LogP) is 2.31. The number of piperidine rings is 1. The van der Waals surface area contributed by atoms with Crippen LogP contribution in [0.25, 0.3) is 10.8 Å². The number of likely N-dealkylation sites (tertiary alicyclic amines) is 1. The number of sulfone groups is 1. The lowest BCUT2D eigenvalue weighted by Gasteiger charge is -2.29. The van der Waals surface area contributed by atoms with Crippen molar-refractivity contribution in [2.45, 2.75) is 42.5 Å². The van der Waals surface area contributed by atoms with Crippen molar-refractivity contribution in [1.82, 2.24) is 4.90 Å². The highest BCUT2D eigenvalue weighted by Gasteiger charge is 2.39. The molecule has 0 radical (unpaired) electrons. The van der Waals surface area contributed by atoms with Crippen molar-refractivity contribution in [3.63, 3.8) is 0 Å². The van der Waals surface area contributed by atoms with Crippen LogP contribution in [-0.2, 0) is 19.4 Å². The molecule has 210 valence electrons. The Morgan fingerprint density at radius 3 is 2.33 bits per heavy atom. The normalized spacial score (nSPS) is 15.3. The molecule has 0 aromatic heterocycles. The van der Waals surface area contributed by atoms with Gasteiger partial charge in [0.1, 0.15) is 11.9 Å². The van der Waals surface area contributed by atoms with Gasteiger partial charge in [0.25, 0.3) is 11.8 Å². The van der Waals surface area contributed by atoms with E-state index in [1.54, 1.807) is 29.2 Å². The Morgan fingerprint density at radius 1 is 1.00 bits per heavy atom. The van der Waals surface area contributed by atoms with Crippen LogP contribution in [0.2, 0.25) is 0 Å². The van der Waals surface area contributed by atoms with E-state index in [4.69, 9.17) is 16.9 Å². The molecule has 11 nitrogen and oxygen atoms in total. The number of amides is 2. The molecule has 1 heterocycles. The standard InChI is InChI=1S/C28H31N5O6S/c1-17(28(36)37)33(20-10-7-9-19(14-20)24(29)30)27(35)25(31)40(38,39)21-15-18-8-3-4-11-22(18)23(16-21)26(34)32-12-5-2-6-13-32/h3-4,7-11,14-17,25H,2,5-6,12-13,31H2,1H3,(H3,29,30)(H,36,37)/t17-,25?/m0/s1. The lowest BCUT2D eigenvalue weighted by atomic mass is 10.0. The first kappa shape index (κ1) is 28.7. The topological polar surface area (TPSA) is 188 Å². The molecule has 0 aliphatic carbocycles. The number of nitrogens with zero attached hydrogens (tertiary/aromatic N) is 2. The molecular weight excluding hydrogens is 534 g/mol. The van der Waals surface area contributed by atoms with Crippen molar-refractivity contribution in [1.29, 1.82) is 5.41 Å². The van der Waals surface area contributed by atoms with Gasteiger partial charge in [-0.05, 0) is 61.2 Å². The molecule has 1 aliphatic heterocycles. The van der Waals surface area contributed by atoms with Gasteiger partial charge in [0.05, 0.1) is 4.90 Å². The highest BCUT2D eigenvalue weighted by molar-refractivity contribution is 7.92. The van der Waals surface area contributed by atoms with Crippen LogP contribution in [0.15, 0.2) is 65.6 Å². The number of nitrogens with one attached hydrogen (secondary N) is 1. The van der Waals surface area contributed by atoms with Crippen molar-refractivity contribution in [3.05, 3.63) is 71.8 Å². The Kier molecular flexibility index (Phi) is 8.21. The fourth-order valence-electron chi connectivity index (χ4n) is 4.78. The van der Waals surface area contributed by atoms with E-state index in [0.29, 0.717) is 23.9 Å². The zero-order valence-electron chi connectivity index (χ0n) is 21.9. The average Bonchev–Trinajstić information content (AvgIpc) is 2.96. The average molecular weight is 566 g/mol. The molecule has 1 fully saturated rings. The van der Waals surface area contributed by atoms with Crippen molar-refractivity contribution in [2.24, 2.45) is 11.5 Å².